The number of rotatable bonds is 6. The molecule has 0 N–H and O–H groups in total. The molecule has 1 fully saturated rings. The molecule has 1 amide bonds. The van der Waals surface area contributed by atoms with Crippen LogP contribution in [0.5, 0.6) is 0 Å². The predicted octanol–water partition coefficient (Wildman–Crippen LogP) is 5.75. The molecule has 0 aromatic heterocycles. The second-order valence-electron chi connectivity index (χ2n) is 7.92. The molecule has 2 aliphatic rings. The van der Waals surface area contributed by atoms with Crippen molar-refractivity contribution in [3.63, 3.8) is 0 Å². The number of hydrogen-bond acceptors (Lipinski definition) is 7. The van der Waals surface area contributed by atoms with E-state index in [0.717, 1.165) is 33.5 Å². The van der Waals surface area contributed by atoms with E-state index in [-0.39, 0.29) is 11.2 Å². The molecule has 0 atom stereocenters. The predicted molar refractivity (Wildman–Crippen MR) is 125 cm³/mol. The van der Waals surface area contributed by atoms with Gasteiger partial charge in [-0.25, -0.2) is 4.79 Å². The van der Waals surface area contributed by atoms with Gasteiger partial charge in [-0.1, -0.05) is 51.7 Å². The quantitative estimate of drug-likeness (QED) is 0.310. The van der Waals surface area contributed by atoms with Crippen LogP contribution in [0.25, 0.3) is 0 Å². The Morgan fingerprint density at radius 3 is 2.48 bits per heavy atom. The molecule has 1 saturated heterocycles. The molecule has 0 radical (unpaired) electrons. The summed E-state index contributed by atoms with van der Waals surface area (Å²) >= 11 is 8.49. The van der Waals surface area contributed by atoms with Gasteiger partial charge in [-0.15, -0.1) is 0 Å². The van der Waals surface area contributed by atoms with Crippen LogP contribution in [-0.4, -0.2) is 41.3 Å². The third kappa shape index (κ3) is 4.64. The van der Waals surface area contributed by atoms with Crippen molar-refractivity contribution in [1.82, 2.24) is 4.90 Å². The molecule has 0 aliphatic carbocycles. The van der Waals surface area contributed by atoms with Crippen molar-refractivity contribution >= 4 is 57.6 Å². The van der Waals surface area contributed by atoms with E-state index in [9.17, 15) is 9.59 Å². The van der Waals surface area contributed by atoms with E-state index in [1.165, 1.54) is 18.9 Å². The molecule has 0 unspecified atom stereocenters. The Morgan fingerprint density at radius 1 is 1.14 bits per heavy atom. The van der Waals surface area contributed by atoms with Crippen LogP contribution in [0.1, 0.15) is 44.5 Å². The first kappa shape index (κ1) is 22.2. The smallest absolute Gasteiger partial charge is 0.337 e. The fraction of sp³-hybridized carbons (Fsp3) is 0.476. The summed E-state index contributed by atoms with van der Waals surface area (Å²) in [5.41, 5.74) is 1.56. The number of nitrogens with zero attached hydrogens (tertiary/aromatic N) is 2. The van der Waals surface area contributed by atoms with Gasteiger partial charge in [0.15, 0.2) is 0 Å². The fourth-order valence-electron chi connectivity index (χ4n) is 3.15. The highest BCUT2D eigenvalue weighted by molar-refractivity contribution is 8.20. The summed E-state index contributed by atoms with van der Waals surface area (Å²) in [4.78, 5) is 30.9. The van der Waals surface area contributed by atoms with Crippen LogP contribution < -0.4 is 4.90 Å². The van der Waals surface area contributed by atoms with Gasteiger partial charge in [-0.2, -0.15) is 0 Å². The molecule has 29 heavy (non-hydrogen) atoms. The minimum atomic E-state index is -0.356. The van der Waals surface area contributed by atoms with Gasteiger partial charge in [0, 0.05) is 18.0 Å². The van der Waals surface area contributed by atoms with E-state index in [4.69, 9.17) is 17.0 Å². The molecule has 156 valence electrons. The average Bonchev–Trinajstić information content (AvgIpc) is 3.15. The first-order chi connectivity index (χ1) is 13.7. The second kappa shape index (κ2) is 9.10. The van der Waals surface area contributed by atoms with Gasteiger partial charge in [-0.3, -0.25) is 9.69 Å². The number of carbonyl (C=O) groups excluding carboxylic acids is 2. The topological polar surface area (TPSA) is 49.9 Å². The molecule has 8 heteroatoms. The van der Waals surface area contributed by atoms with E-state index in [1.54, 1.807) is 22.7 Å². The van der Waals surface area contributed by atoms with Crippen LogP contribution in [0.15, 0.2) is 33.0 Å². The number of thiocarbonyl (C=S) groups is 1. The van der Waals surface area contributed by atoms with Crippen molar-refractivity contribution in [2.45, 2.75) is 39.0 Å². The summed E-state index contributed by atoms with van der Waals surface area (Å²) in [5, 5.41) is 0.973. The van der Waals surface area contributed by atoms with Crippen molar-refractivity contribution in [3.05, 3.63) is 33.7 Å². The van der Waals surface area contributed by atoms with E-state index < -0.39 is 0 Å². The van der Waals surface area contributed by atoms with Gasteiger partial charge in [0.2, 0.25) is 0 Å². The fourth-order valence-corrected chi connectivity index (χ4v) is 5.93. The van der Waals surface area contributed by atoms with Crippen molar-refractivity contribution in [1.29, 1.82) is 0 Å². The van der Waals surface area contributed by atoms with Crippen LogP contribution in [0.2, 0.25) is 0 Å². The Balaban J connectivity index is 1.98. The van der Waals surface area contributed by atoms with Gasteiger partial charge >= 0.3 is 5.97 Å². The monoisotopic (exact) mass is 450 g/mol. The summed E-state index contributed by atoms with van der Waals surface area (Å²) in [5.74, 6) is 0.572. The van der Waals surface area contributed by atoms with Crippen LogP contribution >= 0.6 is 35.7 Å². The van der Waals surface area contributed by atoms with Gasteiger partial charge in [-0.05, 0) is 48.2 Å². The molecule has 2 heterocycles. The molecular formula is C21H26N2O3S3. The molecular weight excluding hydrogens is 424 g/mol. The summed E-state index contributed by atoms with van der Waals surface area (Å²) in [7, 11) is 1.38. The van der Waals surface area contributed by atoms with E-state index in [1.807, 2.05) is 12.1 Å². The summed E-state index contributed by atoms with van der Waals surface area (Å²) in [6.45, 7) is 10.1. The Labute approximate surface area is 186 Å². The highest BCUT2D eigenvalue weighted by Crippen LogP contribution is 2.51. The zero-order chi connectivity index (χ0) is 21.3. The zero-order valence-electron chi connectivity index (χ0n) is 17.4. The second-order valence-corrected chi connectivity index (χ2v) is 10.3. The van der Waals surface area contributed by atoms with Gasteiger partial charge in [0.05, 0.1) is 28.3 Å². The minimum Gasteiger partial charge on any atom is -0.465 e. The van der Waals surface area contributed by atoms with E-state index in [2.05, 4.69) is 32.6 Å². The standard InChI is InChI=1S/C21H26N2O3S3/c1-12(2)8-9-22-18(27)17(29-21(22)25)19-23(11-13(3)4)15-7-6-14(20(24)26-5)10-16(15)28-19/h6-7,10,12-13H,8-9,11H2,1-5H3/b19-17-. The Bertz CT molecular complexity index is 880. The SMILES string of the molecule is COC(=O)c1ccc2c(c1)S/C(=C1\SC(=O)N(CCC(C)C)C1=S)N2CC(C)C. The molecule has 1 aromatic carbocycles. The zero-order valence-corrected chi connectivity index (χ0v) is 19.8. The number of benzene rings is 1. The average molecular weight is 451 g/mol. The molecule has 3 rings (SSSR count). The maximum atomic E-state index is 12.6. The van der Waals surface area contributed by atoms with Crippen molar-refractivity contribution < 1.29 is 14.3 Å². The molecule has 1 aromatic rings. The summed E-state index contributed by atoms with van der Waals surface area (Å²) < 4.78 is 4.86. The van der Waals surface area contributed by atoms with Gasteiger partial charge in [0.25, 0.3) is 5.24 Å². The molecule has 5 nitrogen and oxygen atoms in total. The van der Waals surface area contributed by atoms with Crippen molar-refractivity contribution in [2.24, 2.45) is 11.8 Å². The third-order valence-electron chi connectivity index (χ3n) is 4.64. The van der Waals surface area contributed by atoms with Gasteiger partial charge in [0.1, 0.15) is 4.99 Å². The lowest BCUT2D eigenvalue weighted by atomic mass is 10.1. The summed E-state index contributed by atoms with van der Waals surface area (Å²) in [6, 6.07) is 5.59. The van der Waals surface area contributed by atoms with Crippen molar-refractivity contribution in [2.75, 3.05) is 25.1 Å². The highest BCUT2D eigenvalue weighted by Gasteiger charge is 2.38. The molecule has 0 spiro atoms. The summed E-state index contributed by atoms with van der Waals surface area (Å²) in [6.07, 6.45) is 0.917. The minimum absolute atomic E-state index is 0.00514. The lowest BCUT2D eigenvalue weighted by molar-refractivity contribution is 0.0600. The van der Waals surface area contributed by atoms with Crippen LogP contribution in [-0.2, 0) is 4.74 Å². The Hall–Kier alpha value is -1.51. The number of thioether (sulfide) groups is 2. The van der Waals surface area contributed by atoms with Crippen LogP contribution in [0.3, 0.4) is 0 Å². The third-order valence-corrected chi connectivity index (χ3v) is 7.48. The number of hydrogen-bond donors (Lipinski definition) is 0. The number of anilines is 1. The lowest BCUT2D eigenvalue weighted by Gasteiger charge is -2.24. The van der Waals surface area contributed by atoms with E-state index >= 15 is 0 Å². The number of amides is 1. The van der Waals surface area contributed by atoms with E-state index in [0.29, 0.717) is 28.9 Å². The highest BCUT2D eigenvalue weighted by atomic mass is 32.2. The lowest BCUT2D eigenvalue weighted by Crippen LogP contribution is -2.30. The van der Waals surface area contributed by atoms with Crippen LogP contribution in [0, 0.1) is 11.8 Å². The van der Waals surface area contributed by atoms with Crippen molar-refractivity contribution in [3.8, 4) is 0 Å². The number of methoxy groups -OCH3 is 1. The number of fused-ring (bicyclic) bond motifs is 1. The Morgan fingerprint density at radius 2 is 1.86 bits per heavy atom. The normalized spacial score (nSPS) is 19.0. The maximum absolute atomic E-state index is 12.6. The maximum Gasteiger partial charge on any atom is 0.337 e. The largest absolute Gasteiger partial charge is 0.465 e. The molecule has 0 saturated carbocycles. The number of carbonyl (C=O) groups is 2. The van der Waals surface area contributed by atoms with Gasteiger partial charge < -0.3 is 9.64 Å². The first-order valence-electron chi connectivity index (χ1n) is 9.68. The van der Waals surface area contributed by atoms with Crippen LogP contribution in [0.4, 0.5) is 10.5 Å². The molecule has 2 aliphatic heterocycles. The molecule has 0 bridgehead atoms. The number of ether oxygens (including phenoxy) is 1. The first-order valence-corrected chi connectivity index (χ1v) is 11.7. The Kier molecular flexibility index (Phi) is 6.96. The number of esters is 1.